The van der Waals surface area contributed by atoms with E-state index in [0.29, 0.717) is 19.0 Å². The highest BCUT2D eigenvalue weighted by atomic mass is 16.2. The Kier molecular flexibility index (Phi) is 2.62. The lowest BCUT2D eigenvalue weighted by Gasteiger charge is -2.21. The highest BCUT2D eigenvalue weighted by molar-refractivity contribution is 5.84. The third-order valence-electron chi connectivity index (χ3n) is 3.58. The first-order valence-electron chi connectivity index (χ1n) is 6.31. The summed E-state index contributed by atoms with van der Waals surface area (Å²) in [6.07, 6.45) is 1.49. The number of hydrogen-bond acceptors (Lipinski definition) is 5. The second-order valence-corrected chi connectivity index (χ2v) is 4.71. The van der Waals surface area contributed by atoms with Crippen LogP contribution >= 0.6 is 0 Å². The van der Waals surface area contributed by atoms with E-state index >= 15 is 0 Å². The van der Waals surface area contributed by atoms with Gasteiger partial charge in [0.15, 0.2) is 0 Å². The molecule has 0 radical (unpaired) electrons. The summed E-state index contributed by atoms with van der Waals surface area (Å²) in [5.74, 6) is 1.62. The van der Waals surface area contributed by atoms with Crippen LogP contribution in [-0.2, 0) is 4.79 Å². The molecule has 3 rings (SSSR count). The number of fused-ring (bicyclic) bond motifs is 1. The Morgan fingerprint density at radius 1 is 1.37 bits per heavy atom. The number of carbonyl (C=O) groups excluding carboxylic acids is 1. The van der Waals surface area contributed by atoms with E-state index in [1.807, 2.05) is 30.6 Å². The van der Waals surface area contributed by atoms with Gasteiger partial charge < -0.3 is 9.80 Å². The van der Waals surface area contributed by atoms with Crippen LogP contribution in [0.15, 0.2) is 6.33 Å². The first-order valence-corrected chi connectivity index (χ1v) is 6.31. The van der Waals surface area contributed by atoms with Crippen LogP contribution in [-0.4, -0.2) is 50.1 Å². The average Bonchev–Trinajstić information content (AvgIpc) is 2.97. The zero-order chi connectivity index (χ0) is 13.6. The third-order valence-corrected chi connectivity index (χ3v) is 3.58. The fourth-order valence-corrected chi connectivity index (χ4v) is 2.40. The molecule has 0 aromatic carbocycles. The number of amides is 1. The van der Waals surface area contributed by atoms with Crippen LogP contribution in [0.3, 0.4) is 0 Å². The number of anilines is 1. The fourth-order valence-electron chi connectivity index (χ4n) is 2.40. The molecule has 0 bridgehead atoms. The number of aromatic nitrogens is 4. The Morgan fingerprint density at radius 2 is 2.16 bits per heavy atom. The molecule has 0 atom stereocenters. The van der Waals surface area contributed by atoms with Gasteiger partial charge in [0.25, 0.3) is 5.78 Å². The third kappa shape index (κ3) is 1.73. The van der Waals surface area contributed by atoms with Crippen molar-refractivity contribution in [1.82, 2.24) is 24.5 Å². The predicted octanol–water partition coefficient (Wildman–Crippen LogP) is 0.367. The van der Waals surface area contributed by atoms with Crippen molar-refractivity contribution < 1.29 is 4.79 Å². The number of nitrogens with zero attached hydrogens (tertiary/aromatic N) is 6. The van der Waals surface area contributed by atoms with Gasteiger partial charge >= 0.3 is 0 Å². The molecule has 2 aromatic heterocycles. The van der Waals surface area contributed by atoms with Crippen LogP contribution in [0.4, 0.5) is 5.82 Å². The molecule has 0 spiro atoms. The van der Waals surface area contributed by atoms with Gasteiger partial charge in [-0.1, -0.05) is 0 Å². The molecular weight excluding hydrogens is 244 g/mol. The van der Waals surface area contributed by atoms with Crippen LogP contribution in [0.25, 0.3) is 5.78 Å². The molecule has 0 aliphatic carbocycles. The zero-order valence-electron chi connectivity index (χ0n) is 11.3. The zero-order valence-corrected chi connectivity index (χ0v) is 11.3. The molecule has 1 aliphatic heterocycles. The molecule has 1 aliphatic rings. The molecule has 0 N–H and O–H groups in total. The Labute approximate surface area is 110 Å². The molecule has 19 heavy (non-hydrogen) atoms. The molecule has 7 nitrogen and oxygen atoms in total. The quantitative estimate of drug-likeness (QED) is 0.780. The van der Waals surface area contributed by atoms with E-state index in [2.05, 4.69) is 15.1 Å². The first kappa shape index (κ1) is 11.9. The van der Waals surface area contributed by atoms with Gasteiger partial charge in [0, 0.05) is 17.8 Å². The van der Waals surface area contributed by atoms with Gasteiger partial charge in [-0.3, -0.25) is 4.79 Å². The number of hydrogen-bond donors (Lipinski definition) is 0. The second-order valence-electron chi connectivity index (χ2n) is 4.71. The number of rotatable bonds is 2. The van der Waals surface area contributed by atoms with E-state index in [1.54, 1.807) is 4.52 Å². The SMILES string of the molecule is CCN1CN(c2c(C)c(C)nc3ncnn23)CC1=O. The van der Waals surface area contributed by atoms with Crippen molar-refractivity contribution in [2.45, 2.75) is 20.8 Å². The minimum absolute atomic E-state index is 0.143. The fraction of sp³-hybridized carbons (Fsp3) is 0.500. The average molecular weight is 260 g/mol. The molecular formula is C12H16N6O. The van der Waals surface area contributed by atoms with Crippen molar-refractivity contribution >= 4 is 17.5 Å². The lowest BCUT2D eigenvalue weighted by atomic mass is 10.2. The number of carbonyl (C=O) groups is 1. The molecule has 7 heteroatoms. The van der Waals surface area contributed by atoms with Crippen molar-refractivity contribution in [2.24, 2.45) is 0 Å². The molecule has 1 amide bonds. The summed E-state index contributed by atoms with van der Waals surface area (Å²) >= 11 is 0. The van der Waals surface area contributed by atoms with Crippen molar-refractivity contribution in [3.05, 3.63) is 17.6 Å². The van der Waals surface area contributed by atoms with E-state index in [1.165, 1.54) is 6.33 Å². The van der Waals surface area contributed by atoms with Crippen LogP contribution in [0, 0.1) is 13.8 Å². The monoisotopic (exact) mass is 260 g/mol. The first-order chi connectivity index (χ1) is 9.11. The summed E-state index contributed by atoms with van der Waals surface area (Å²) < 4.78 is 1.70. The summed E-state index contributed by atoms with van der Waals surface area (Å²) in [5.41, 5.74) is 1.95. The Bertz CT molecular complexity index is 649. The molecule has 0 saturated carbocycles. The molecule has 0 unspecified atom stereocenters. The number of likely N-dealkylation sites (N-methyl/N-ethyl adjacent to an activating group) is 1. The summed E-state index contributed by atoms with van der Waals surface area (Å²) in [5, 5.41) is 4.21. The maximum Gasteiger partial charge on any atom is 0.254 e. The van der Waals surface area contributed by atoms with Gasteiger partial charge in [-0.2, -0.15) is 14.6 Å². The minimum atomic E-state index is 0.143. The second kappa shape index (κ2) is 4.18. The van der Waals surface area contributed by atoms with Crippen LogP contribution < -0.4 is 4.90 Å². The Balaban J connectivity index is 2.12. The van der Waals surface area contributed by atoms with Crippen molar-refractivity contribution in [3.63, 3.8) is 0 Å². The molecule has 100 valence electrons. The largest absolute Gasteiger partial charge is 0.329 e. The van der Waals surface area contributed by atoms with Gasteiger partial charge in [-0.15, -0.1) is 0 Å². The van der Waals surface area contributed by atoms with Crippen LogP contribution in [0.2, 0.25) is 0 Å². The Hall–Kier alpha value is -2.18. The highest BCUT2D eigenvalue weighted by Gasteiger charge is 2.29. The Morgan fingerprint density at radius 3 is 2.84 bits per heavy atom. The van der Waals surface area contributed by atoms with Crippen molar-refractivity contribution in [1.29, 1.82) is 0 Å². The van der Waals surface area contributed by atoms with Gasteiger partial charge in [0.2, 0.25) is 5.91 Å². The molecule has 1 fully saturated rings. The standard InChI is InChI=1S/C12H16N6O/c1-4-16-7-17(5-10(16)19)11-8(2)9(3)15-12-13-6-14-18(11)12/h6H,4-5,7H2,1-3H3. The minimum Gasteiger partial charge on any atom is -0.329 e. The van der Waals surface area contributed by atoms with Crippen LogP contribution in [0.5, 0.6) is 0 Å². The predicted molar refractivity (Wildman–Crippen MR) is 69.9 cm³/mol. The molecule has 2 aromatic rings. The van der Waals surface area contributed by atoms with Crippen LogP contribution in [0.1, 0.15) is 18.2 Å². The highest BCUT2D eigenvalue weighted by Crippen LogP contribution is 2.24. The number of aryl methyl sites for hydroxylation is 1. The van der Waals surface area contributed by atoms with E-state index in [0.717, 1.165) is 23.6 Å². The topological polar surface area (TPSA) is 66.6 Å². The van der Waals surface area contributed by atoms with E-state index < -0.39 is 0 Å². The summed E-state index contributed by atoms with van der Waals surface area (Å²) in [6.45, 7) is 7.62. The van der Waals surface area contributed by atoms with Crippen molar-refractivity contribution in [2.75, 3.05) is 24.7 Å². The molecule has 3 heterocycles. The van der Waals surface area contributed by atoms with E-state index in [4.69, 9.17) is 0 Å². The lowest BCUT2D eigenvalue weighted by Crippen LogP contribution is -2.28. The maximum atomic E-state index is 11.9. The normalized spacial score (nSPS) is 15.8. The van der Waals surface area contributed by atoms with Gasteiger partial charge in [-0.05, 0) is 20.8 Å². The van der Waals surface area contributed by atoms with E-state index in [-0.39, 0.29) is 5.91 Å². The van der Waals surface area contributed by atoms with Gasteiger partial charge in [-0.25, -0.2) is 4.98 Å². The maximum absolute atomic E-state index is 11.9. The van der Waals surface area contributed by atoms with Gasteiger partial charge in [0.05, 0.1) is 6.67 Å². The van der Waals surface area contributed by atoms with Crippen molar-refractivity contribution in [3.8, 4) is 0 Å². The summed E-state index contributed by atoms with van der Waals surface area (Å²) in [6, 6.07) is 0. The lowest BCUT2D eigenvalue weighted by molar-refractivity contribution is -0.126. The van der Waals surface area contributed by atoms with E-state index in [9.17, 15) is 4.79 Å². The summed E-state index contributed by atoms with van der Waals surface area (Å²) in [4.78, 5) is 24.2. The smallest absolute Gasteiger partial charge is 0.254 e. The van der Waals surface area contributed by atoms with Gasteiger partial charge in [0.1, 0.15) is 18.7 Å². The summed E-state index contributed by atoms with van der Waals surface area (Å²) in [7, 11) is 0. The molecule has 1 saturated heterocycles.